The lowest BCUT2D eigenvalue weighted by molar-refractivity contribution is -0.119. The summed E-state index contributed by atoms with van der Waals surface area (Å²) in [5, 5.41) is 0. The Bertz CT molecular complexity index is 953. The van der Waals surface area contributed by atoms with Crippen LogP contribution in [0, 0.1) is 0 Å². The highest BCUT2D eigenvalue weighted by Gasteiger charge is 2.43. The van der Waals surface area contributed by atoms with E-state index in [1.54, 1.807) is 11.8 Å². The number of carbonyl (C=O) groups is 2. The minimum atomic E-state index is -0.480. The van der Waals surface area contributed by atoms with Gasteiger partial charge < -0.3 is 4.90 Å². The fourth-order valence-electron chi connectivity index (χ4n) is 3.36. The van der Waals surface area contributed by atoms with Gasteiger partial charge in [-0.1, -0.05) is 72.8 Å². The zero-order valence-electron chi connectivity index (χ0n) is 15.1. The molecule has 4 nitrogen and oxygen atoms in total. The Balaban J connectivity index is 1.58. The first-order chi connectivity index (χ1) is 13.1. The molecule has 1 aliphatic heterocycles. The van der Waals surface area contributed by atoms with Crippen LogP contribution in [0.2, 0.25) is 0 Å². The number of hydrogen-bond donors (Lipinski definition) is 0. The van der Waals surface area contributed by atoms with Gasteiger partial charge in [0.15, 0.2) is 0 Å². The third-order valence-electron chi connectivity index (χ3n) is 4.91. The topological polar surface area (TPSA) is 40.6 Å². The summed E-state index contributed by atoms with van der Waals surface area (Å²) in [4.78, 5) is 28.5. The lowest BCUT2D eigenvalue weighted by atomic mass is 10.1. The summed E-state index contributed by atoms with van der Waals surface area (Å²) in [6.07, 6.45) is 0. The first-order valence-electron chi connectivity index (χ1n) is 8.99. The molecule has 27 heavy (non-hydrogen) atoms. The Morgan fingerprint density at radius 2 is 1.30 bits per heavy atom. The number of rotatable bonds is 4. The molecule has 1 heterocycles. The van der Waals surface area contributed by atoms with Gasteiger partial charge in [0.05, 0.1) is 5.69 Å². The van der Waals surface area contributed by atoms with E-state index in [2.05, 4.69) is 0 Å². The Kier molecular flexibility index (Phi) is 4.47. The van der Waals surface area contributed by atoms with Gasteiger partial charge in [-0.3, -0.25) is 4.79 Å². The second kappa shape index (κ2) is 7.08. The Labute approximate surface area is 158 Å². The third-order valence-corrected chi connectivity index (χ3v) is 4.91. The van der Waals surface area contributed by atoms with Crippen LogP contribution in [-0.4, -0.2) is 22.9 Å². The van der Waals surface area contributed by atoms with E-state index in [4.69, 9.17) is 0 Å². The first kappa shape index (κ1) is 17.0. The van der Waals surface area contributed by atoms with Crippen molar-refractivity contribution in [2.75, 3.05) is 4.90 Å². The summed E-state index contributed by atoms with van der Waals surface area (Å²) in [5.74, 6) is -0.191. The molecule has 4 rings (SSSR count). The van der Waals surface area contributed by atoms with Gasteiger partial charge in [0.25, 0.3) is 5.91 Å². The van der Waals surface area contributed by atoms with E-state index < -0.39 is 6.04 Å². The smallest absolute Gasteiger partial charge is 0.308 e. The van der Waals surface area contributed by atoms with Gasteiger partial charge in [0.1, 0.15) is 6.04 Å². The normalized spacial score (nSPS) is 16.9. The maximum atomic E-state index is 12.9. The van der Waals surface area contributed by atoms with Gasteiger partial charge in [0.2, 0.25) is 0 Å². The maximum Gasteiger partial charge on any atom is 0.332 e. The lowest BCUT2D eigenvalue weighted by Crippen LogP contribution is -2.33. The monoisotopic (exact) mass is 356 g/mol. The largest absolute Gasteiger partial charge is 0.332 e. The fourth-order valence-corrected chi connectivity index (χ4v) is 3.36. The molecule has 1 aliphatic rings. The average molecular weight is 356 g/mol. The Morgan fingerprint density at radius 1 is 0.741 bits per heavy atom. The molecule has 3 aromatic carbocycles. The Morgan fingerprint density at radius 3 is 1.93 bits per heavy atom. The van der Waals surface area contributed by atoms with Gasteiger partial charge in [-0.05, 0) is 35.7 Å². The molecule has 4 heteroatoms. The number of carbonyl (C=O) groups excluding carboxylic acids is 2. The van der Waals surface area contributed by atoms with E-state index in [0.29, 0.717) is 12.2 Å². The van der Waals surface area contributed by atoms with Gasteiger partial charge in [-0.25, -0.2) is 9.69 Å². The van der Waals surface area contributed by atoms with Crippen LogP contribution in [0.15, 0.2) is 84.9 Å². The average Bonchev–Trinajstić information content (AvgIpc) is 2.93. The number of imide groups is 1. The van der Waals surface area contributed by atoms with Crippen molar-refractivity contribution >= 4 is 17.6 Å². The van der Waals surface area contributed by atoms with E-state index >= 15 is 0 Å². The number of urea groups is 1. The van der Waals surface area contributed by atoms with Crippen molar-refractivity contribution in [3.05, 3.63) is 90.5 Å². The van der Waals surface area contributed by atoms with Crippen LogP contribution in [0.3, 0.4) is 0 Å². The van der Waals surface area contributed by atoms with Crippen LogP contribution in [0.4, 0.5) is 10.5 Å². The number of anilines is 1. The van der Waals surface area contributed by atoms with E-state index in [-0.39, 0.29) is 11.9 Å². The van der Waals surface area contributed by atoms with E-state index in [1.807, 2.05) is 84.9 Å². The van der Waals surface area contributed by atoms with Crippen LogP contribution in [0.5, 0.6) is 0 Å². The summed E-state index contributed by atoms with van der Waals surface area (Å²) < 4.78 is 0. The molecule has 0 aromatic heterocycles. The highest BCUT2D eigenvalue weighted by atomic mass is 16.2. The van der Waals surface area contributed by atoms with Crippen molar-refractivity contribution in [3.63, 3.8) is 0 Å². The van der Waals surface area contributed by atoms with E-state index in [9.17, 15) is 9.59 Å². The van der Waals surface area contributed by atoms with Gasteiger partial charge >= 0.3 is 6.03 Å². The summed E-state index contributed by atoms with van der Waals surface area (Å²) in [7, 11) is 0. The van der Waals surface area contributed by atoms with Crippen molar-refractivity contribution in [3.8, 4) is 11.1 Å². The fraction of sp³-hybridized carbons (Fsp3) is 0.130. The highest BCUT2D eigenvalue weighted by molar-refractivity contribution is 6.21. The van der Waals surface area contributed by atoms with Crippen molar-refractivity contribution in [2.24, 2.45) is 0 Å². The molecule has 0 spiro atoms. The number of amides is 3. The molecule has 0 unspecified atom stereocenters. The molecule has 0 radical (unpaired) electrons. The van der Waals surface area contributed by atoms with Crippen LogP contribution >= 0.6 is 0 Å². The van der Waals surface area contributed by atoms with Crippen molar-refractivity contribution in [1.29, 1.82) is 0 Å². The minimum Gasteiger partial charge on any atom is -0.308 e. The van der Waals surface area contributed by atoms with Gasteiger partial charge in [-0.2, -0.15) is 0 Å². The predicted octanol–water partition coefficient (Wildman–Crippen LogP) is 4.71. The minimum absolute atomic E-state index is 0.191. The molecular weight excluding hydrogens is 336 g/mol. The third kappa shape index (κ3) is 3.22. The maximum absolute atomic E-state index is 12.9. The molecule has 1 atom stereocenters. The number of nitrogens with zero attached hydrogens (tertiary/aromatic N) is 2. The SMILES string of the molecule is C[C@H]1C(=O)N(c2ccc(-c3ccccc3)cc2)C(=O)N1Cc1ccccc1. The lowest BCUT2D eigenvalue weighted by Gasteiger charge is -2.19. The summed E-state index contributed by atoms with van der Waals surface area (Å²) >= 11 is 0. The summed E-state index contributed by atoms with van der Waals surface area (Å²) in [6, 6.07) is 26.5. The quantitative estimate of drug-likeness (QED) is 0.635. The molecular formula is C23H20N2O2. The number of benzene rings is 3. The highest BCUT2D eigenvalue weighted by Crippen LogP contribution is 2.29. The zero-order chi connectivity index (χ0) is 18.8. The second-order valence-electron chi connectivity index (χ2n) is 6.66. The number of hydrogen-bond acceptors (Lipinski definition) is 2. The molecule has 3 amide bonds. The van der Waals surface area contributed by atoms with Gasteiger partial charge in [0, 0.05) is 6.54 Å². The molecule has 134 valence electrons. The van der Waals surface area contributed by atoms with Crippen LogP contribution in [0.1, 0.15) is 12.5 Å². The summed E-state index contributed by atoms with van der Waals surface area (Å²) in [6.45, 7) is 2.20. The van der Waals surface area contributed by atoms with Crippen LogP contribution in [0.25, 0.3) is 11.1 Å². The molecule has 0 bridgehead atoms. The van der Waals surface area contributed by atoms with Crippen LogP contribution < -0.4 is 4.90 Å². The first-order valence-corrected chi connectivity index (χ1v) is 8.99. The Hall–Kier alpha value is -3.40. The zero-order valence-corrected chi connectivity index (χ0v) is 15.1. The van der Waals surface area contributed by atoms with E-state index in [0.717, 1.165) is 16.7 Å². The van der Waals surface area contributed by atoms with Crippen LogP contribution in [-0.2, 0) is 11.3 Å². The van der Waals surface area contributed by atoms with Gasteiger partial charge in [-0.15, -0.1) is 0 Å². The van der Waals surface area contributed by atoms with E-state index in [1.165, 1.54) is 4.90 Å². The molecule has 3 aromatic rings. The predicted molar refractivity (Wildman–Crippen MR) is 106 cm³/mol. The van der Waals surface area contributed by atoms with Crippen molar-refractivity contribution in [2.45, 2.75) is 19.5 Å². The molecule has 0 saturated carbocycles. The molecule has 1 fully saturated rings. The molecule has 0 aliphatic carbocycles. The second-order valence-corrected chi connectivity index (χ2v) is 6.66. The van der Waals surface area contributed by atoms with Crippen molar-refractivity contribution in [1.82, 2.24) is 4.90 Å². The van der Waals surface area contributed by atoms with Crippen molar-refractivity contribution < 1.29 is 9.59 Å². The molecule has 0 N–H and O–H groups in total. The summed E-state index contributed by atoms with van der Waals surface area (Å²) in [5.41, 5.74) is 3.76. The standard InChI is InChI=1S/C23H20N2O2/c1-17-22(26)25(23(27)24(17)16-18-8-4-2-5-9-18)21-14-12-20(13-15-21)19-10-6-3-7-11-19/h2-15,17H,16H2,1H3/t17-/m0/s1. The molecule has 1 saturated heterocycles.